The Morgan fingerprint density at radius 3 is 1.89 bits per heavy atom. The second-order valence-corrected chi connectivity index (χ2v) is 14.6. The molecule has 0 amide bonds. The number of hydrogen-bond donors (Lipinski definition) is 0. The van der Waals surface area contributed by atoms with Crippen LogP contribution in [0.3, 0.4) is 0 Å². The highest BCUT2D eigenvalue weighted by Gasteiger charge is 2.24. The predicted octanol–water partition coefficient (Wildman–Crippen LogP) is 12.8. The predicted molar refractivity (Wildman–Crippen MR) is 224 cm³/mol. The van der Waals surface area contributed by atoms with Crippen molar-refractivity contribution in [3.8, 4) is 44.8 Å². The van der Waals surface area contributed by atoms with Gasteiger partial charge in [0, 0.05) is 23.5 Å². The fourth-order valence-corrected chi connectivity index (χ4v) is 8.55. The van der Waals surface area contributed by atoms with E-state index in [4.69, 9.17) is 9.97 Å². The average molecular weight is 694 g/mol. The molecule has 2 heterocycles. The van der Waals surface area contributed by atoms with Crippen molar-refractivity contribution in [3.05, 3.63) is 191 Å². The van der Waals surface area contributed by atoms with E-state index in [-0.39, 0.29) is 0 Å². The molecule has 0 bridgehead atoms. The minimum atomic E-state index is 0.799. The van der Waals surface area contributed by atoms with E-state index in [9.17, 15) is 0 Å². The molecule has 2 aromatic heterocycles. The normalized spacial score (nSPS) is 14.9. The number of allylic oxidation sites excluding steroid dienone is 6. The van der Waals surface area contributed by atoms with Crippen molar-refractivity contribution in [1.82, 2.24) is 15.0 Å². The lowest BCUT2D eigenvalue weighted by atomic mass is 9.77. The Hall–Kier alpha value is -6.45. The fourth-order valence-electron chi connectivity index (χ4n) is 8.55. The van der Waals surface area contributed by atoms with Crippen LogP contribution in [0.2, 0.25) is 0 Å². The van der Waals surface area contributed by atoms with Crippen molar-refractivity contribution in [2.75, 3.05) is 0 Å². The van der Waals surface area contributed by atoms with E-state index < -0.39 is 0 Å². The first kappa shape index (κ1) is 32.2. The summed E-state index contributed by atoms with van der Waals surface area (Å²) in [5.74, 6) is 0.799. The van der Waals surface area contributed by atoms with Gasteiger partial charge in [-0.1, -0.05) is 134 Å². The molecule has 0 spiro atoms. The van der Waals surface area contributed by atoms with Gasteiger partial charge in [-0.2, -0.15) is 0 Å². The molecule has 0 fully saturated rings. The van der Waals surface area contributed by atoms with Gasteiger partial charge in [-0.25, -0.2) is 9.97 Å². The third-order valence-corrected chi connectivity index (χ3v) is 11.3. The fraction of sp³-hybridized carbons (Fsp3) is 0.118. The second kappa shape index (κ2) is 13.8. The minimum absolute atomic E-state index is 0.799. The number of benzene rings is 5. The van der Waals surface area contributed by atoms with Gasteiger partial charge >= 0.3 is 0 Å². The van der Waals surface area contributed by atoms with Crippen molar-refractivity contribution in [2.24, 2.45) is 0 Å². The second-order valence-electron chi connectivity index (χ2n) is 14.6. The van der Waals surface area contributed by atoms with E-state index in [1.807, 2.05) is 18.5 Å². The van der Waals surface area contributed by atoms with E-state index in [0.29, 0.717) is 0 Å². The average Bonchev–Trinajstić information content (AvgIpc) is 3.27. The third-order valence-electron chi connectivity index (χ3n) is 11.3. The molecule has 10 rings (SSSR count). The van der Waals surface area contributed by atoms with Crippen LogP contribution in [0.15, 0.2) is 163 Å². The lowest BCUT2D eigenvalue weighted by Crippen LogP contribution is -2.10. The maximum Gasteiger partial charge on any atom is 0.156 e. The summed E-state index contributed by atoms with van der Waals surface area (Å²) in [5.41, 5.74) is 18.7. The molecule has 5 aromatic carbocycles. The molecule has 0 saturated heterocycles. The topological polar surface area (TPSA) is 38.7 Å². The Bertz CT molecular complexity index is 2680. The summed E-state index contributed by atoms with van der Waals surface area (Å²) in [6, 6.07) is 43.1. The van der Waals surface area contributed by atoms with Crippen molar-refractivity contribution in [2.45, 2.75) is 38.5 Å². The van der Waals surface area contributed by atoms with E-state index in [1.54, 1.807) is 11.1 Å². The lowest BCUT2D eigenvalue weighted by molar-refractivity contribution is 0.862. The van der Waals surface area contributed by atoms with Crippen LogP contribution < -0.4 is 0 Å². The molecular formula is C51H39N3. The van der Waals surface area contributed by atoms with Crippen molar-refractivity contribution < 1.29 is 0 Å². The summed E-state index contributed by atoms with van der Waals surface area (Å²) in [7, 11) is 0. The lowest BCUT2D eigenvalue weighted by Gasteiger charge is -2.27. The zero-order chi connectivity index (χ0) is 35.8. The van der Waals surface area contributed by atoms with Gasteiger partial charge in [0.2, 0.25) is 0 Å². The summed E-state index contributed by atoms with van der Waals surface area (Å²) >= 11 is 0. The molecule has 3 aliphatic rings. The maximum absolute atomic E-state index is 5.26. The van der Waals surface area contributed by atoms with Crippen LogP contribution in [-0.2, 0) is 12.8 Å². The van der Waals surface area contributed by atoms with Crippen LogP contribution >= 0.6 is 0 Å². The van der Waals surface area contributed by atoms with Crippen LogP contribution in [0.25, 0.3) is 73.3 Å². The molecule has 0 unspecified atom stereocenters. The van der Waals surface area contributed by atoms with Crippen LogP contribution in [0.5, 0.6) is 0 Å². The number of hydrogen-bond acceptors (Lipinski definition) is 3. The van der Waals surface area contributed by atoms with Gasteiger partial charge in [-0.05, 0) is 129 Å². The largest absolute Gasteiger partial charge is 0.264 e. The molecule has 3 heteroatoms. The van der Waals surface area contributed by atoms with E-state index in [2.05, 4.69) is 151 Å². The zero-order valence-corrected chi connectivity index (χ0v) is 30.2. The van der Waals surface area contributed by atoms with Gasteiger partial charge < -0.3 is 0 Å². The van der Waals surface area contributed by atoms with Gasteiger partial charge in [-0.3, -0.25) is 4.98 Å². The third kappa shape index (κ3) is 6.02. The number of rotatable bonds is 6. The van der Waals surface area contributed by atoms with Crippen LogP contribution in [0, 0.1) is 0 Å². The molecule has 7 aromatic rings. The molecule has 0 atom stereocenters. The summed E-state index contributed by atoms with van der Waals surface area (Å²) in [4.78, 5) is 14.8. The molecule has 54 heavy (non-hydrogen) atoms. The summed E-state index contributed by atoms with van der Waals surface area (Å²) in [5, 5.41) is 2.76. The summed E-state index contributed by atoms with van der Waals surface area (Å²) < 4.78 is 0. The standard InChI is InChI=1S/C51H39N3/c1-2-10-34(11-3-1)39-12-8-13-41(30-39)50-32-49(37-23-19-36(20-24-37)42-14-9-29-52-33-42)53-51(54-50)38-25-21-35(22-26-38)40-27-28-47-45-17-5-4-15-43(45)44-16-6-7-18-46(44)48(47)31-40/h1-4,6-16,18-21,23-25,29-33H,5,17,22,26-28H2. The molecule has 3 aliphatic carbocycles. The van der Waals surface area contributed by atoms with Gasteiger partial charge in [0.15, 0.2) is 5.82 Å². The highest BCUT2D eigenvalue weighted by Crippen LogP contribution is 2.42. The van der Waals surface area contributed by atoms with Crippen LogP contribution in [-0.4, -0.2) is 15.0 Å². The van der Waals surface area contributed by atoms with Gasteiger partial charge in [0.1, 0.15) is 0 Å². The molecule has 0 saturated carbocycles. The Balaban J connectivity index is 1.03. The molecule has 0 N–H and O–H groups in total. The van der Waals surface area contributed by atoms with Crippen molar-refractivity contribution in [3.63, 3.8) is 0 Å². The Morgan fingerprint density at radius 2 is 1.09 bits per heavy atom. The Kier molecular flexibility index (Phi) is 8.26. The molecule has 258 valence electrons. The minimum Gasteiger partial charge on any atom is -0.264 e. The highest BCUT2D eigenvalue weighted by molar-refractivity contribution is 6.00. The SMILES string of the molecule is C1=Cc2c(c3c(c4ccccc24)C=C(C2=CC=C(c4nc(-c5ccc(-c6cccnc6)cc5)cc(-c5cccc(-c6ccccc6)c5)n4)CC2)CC3)CC1. The zero-order valence-electron chi connectivity index (χ0n) is 30.2. The van der Waals surface area contributed by atoms with Crippen molar-refractivity contribution in [1.29, 1.82) is 0 Å². The first-order chi connectivity index (χ1) is 26.7. The van der Waals surface area contributed by atoms with Crippen LogP contribution in [0.1, 0.15) is 53.8 Å². The summed E-state index contributed by atoms with van der Waals surface area (Å²) in [6.07, 6.45) is 21.9. The quantitative estimate of drug-likeness (QED) is 0.174. The number of fused-ring (bicyclic) bond motifs is 6. The van der Waals surface area contributed by atoms with Gasteiger partial charge in [-0.15, -0.1) is 0 Å². The van der Waals surface area contributed by atoms with E-state index >= 15 is 0 Å². The highest BCUT2D eigenvalue weighted by atomic mass is 14.9. The van der Waals surface area contributed by atoms with Crippen LogP contribution in [0.4, 0.5) is 0 Å². The van der Waals surface area contributed by atoms with E-state index in [0.717, 1.165) is 78.0 Å². The smallest absolute Gasteiger partial charge is 0.156 e. The molecule has 0 radical (unpaired) electrons. The van der Waals surface area contributed by atoms with Crippen molar-refractivity contribution >= 4 is 28.5 Å². The monoisotopic (exact) mass is 693 g/mol. The molecule has 0 aliphatic heterocycles. The number of pyridine rings is 1. The number of aromatic nitrogens is 3. The first-order valence-corrected chi connectivity index (χ1v) is 19.1. The Labute approximate surface area is 316 Å². The van der Waals surface area contributed by atoms with Gasteiger partial charge in [0.25, 0.3) is 0 Å². The maximum atomic E-state index is 5.26. The summed E-state index contributed by atoms with van der Waals surface area (Å²) in [6.45, 7) is 0. The molecular weight excluding hydrogens is 655 g/mol. The molecule has 3 nitrogen and oxygen atoms in total. The van der Waals surface area contributed by atoms with E-state index in [1.165, 1.54) is 49.7 Å². The number of nitrogens with zero attached hydrogens (tertiary/aromatic N) is 3. The van der Waals surface area contributed by atoms with Gasteiger partial charge in [0.05, 0.1) is 11.4 Å². The Morgan fingerprint density at radius 1 is 0.444 bits per heavy atom. The first-order valence-electron chi connectivity index (χ1n) is 19.1.